The maximum Gasteiger partial charge on any atom is 0.225 e. The number of unbranched alkanes of at least 4 members (excludes halogenated alkanes) is 1. The zero-order valence-electron chi connectivity index (χ0n) is 18.9. The Kier molecular flexibility index (Phi) is 19.1. The molecule has 0 atom stereocenters. The maximum absolute atomic E-state index is 12.0. The summed E-state index contributed by atoms with van der Waals surface area (Å²) in [4.78, 5) is 35.1. The van der Waals surface area contributed by atoms with E-state index in [-0.39, 0.29) is 36.0 Å². The predicted octanol–water partition coefficient (Wildman–Crippen LogP) is 2.78. The number of hydrogen-bond acceptors (Lipinski definition) is 4. The molecule has 7 nitrogen and oxygen atoms in total. The Balaban J connectivity index is 0. The fourth-order valence-corrected chi connectivity index (χ4v) is 2.39. The van der Waals surface area contributed by atoms with Crippen LogP contribution in [0.5, 0.6) is 0 Å². The molecular formula is C21H43N3O4. The van der Waals surface area contributed by atoms with Gasteiger partial charge in [-0.05, 0) is 12.8 Å². The van der Waals surface area contributed by atoms with Crippen molar-refractivity contribution in [1.29, 1.82) is 0 Å². The van der Waals surface area contributed by atoms with Crippen molar-refractivity contribution in [2.45, 2.75) is 80.1 Å². The van der Waals surface area contributed by atoms with Crippen LogP contribution in [0.25, 0.3) is 0 Å². The fraction of sp³-hybridized carbons (Fsp3) is 0.857. The molecule has 0 aliphatic carbocycles. The first-order valence-electron chi connectivity index (χ1n) is 10.7. The quantitative estimate of drug-likeness (QED) is 0.368. The van der Waals surface area contributed by atoms with E-state index in [0.717, 1.165) is 25.7 Å². The first-order valence-corrected chi connectivity index (χ1v) is 10.7. The lowest BCUT2D eigenvalue weighted by molar-refractivity contribution is -0.130. The molecule has 0 unspecified atom stereocenters. The smallest absolute Gasteiger partial charge is 0.225 e. The van der Waals surface area contributed by atoms with Gasteiger partial charge in [0, 0.05) is 37.9 Å². The molecule has 0 aromatic heterocycles. The van der Waals surface area contributed by atoms with Crippen LogP contribution in [-0.2, 0) is 19.1 Å². The number of hydrogen-bond donors (Lipinski definition) is 3. The van der Waals surface area contributed by atoms with E-state index in [1.165, 1.54) is 0 Å². The summed E-state index contributed by atoms with van der Waals surface area (Å²) in [5.74, 6) is -0.214. The van der Waals surface area contributed by atoms with Gasteiger partial charge in [-0.3, -0.25) is 14.4 Å². The van der Waals surface area contributed by atoms with Gasteiger partial charge < -0.3 is 20.7 Å². The van der Waals surface area contributed by atoms with Crippen LogP contribution in [0.3, 0.4) is 0 Å². The van der Waals surface area contributed by atoms with Crippen molar-refractivity contribution in [2.24, 2.45) is 5.41 Å². The highest BCUT2D eigenvalue weighted by Crippen LogP contribution is 2.21. The van der Waals surface area contributed by atoms with Crippen LogP contribution in [-0.4, -0.2) is 50.6 Å². The summed E-state index contributed by atoms with van der Waals surface area (Å²) < 4.78 is 5.39. The molecule has 0 rings (SSSR count). The summed E-state index contributed by atoms with van der Waals surface area (Å²) in [6.07, 6.45) is 4.18. The van der Waals surface area contributed by atoms with Crippen molar-refractivity contribution in [3.05, 3.63) is 0 Å². The number of ether oxygens (including phenoxy) is 1. The molecule has 7 heteroatoms. The second-order valence-corrected chi connectivity index (χ2v) is 7.06. The molecule has 0 spiro atoms. The van der Waals surface area contributed by atoms with Crippen LogP contribution in [0.2, 0.25) is 0 Å². The molecule has 0 aromatic carbocycles. The fourth-order valence-electron chi connectivity index (χ4n) is 2.39. The third kappa shape index (κ3) is 16.5. The van der Waals surface area contributed by atoms with Crippen LogP contribution < -0.4 is 16.0 Å². The molecular weight excluding hydrogens is 358 g/mol. The lowest BCUT2D eigenvalue weighted by Gasteiger charge is -2.22. The molecule has 0 saturated heterocycles. The van der Waals surface area contributed by atoms with Crippen LogP contribution >= 0.6 is 0 Å². The minimum atomic E-state index is -0.356. The van der Waals surface area contributed by atoms with Gasteiger partial charge >= 0.3 is 0 Å². The van der Waals surface area contributed by atoms with Crippen molar-refractivity contribution < 1.29 is 19.1 Å². The van der Waals surface area contributed by atoms with Crippen molar-refractivity contribution >= 4 is 17.7 Å². The standard InChI is InChI=1S/C19H37N3O4.C2H6/c1-5-7-11-20-16(23)8-9-17(24)21-12-14-26-15-13-22-18(25)19(3,4)10-6-2;1-2/h5-15H2,1-4H3,(H,20,23)(H,21,24)(H,22,25);1-2H3. The van der Waals surface area contributed by atoms with E-state index in [4.69, 9.17) is 4.74 Å². The van der Waals surface area contributed by atoms with Gasteiger partial charge in [0.1, 0.15) is 0 Å². The van der Waals surface area contributed by atoms with Crippen molar-refractivity contribution in [1.82, 2.24) is 16.0 Å². The second-order valence-electron chi connectivity index (χ2n) is 7.06. The highest BCUT2D eigenvalue weighted by molar-refractivity contribution is 5.83. The van der Waals surface area contributed by atoms with Gasteiger partial charge in [-0.15, -0.1) is 0 Å². The molecule has 0 fully saturated rings. The largest absolute Gasteiger partial charge is 0.378 e. The monoisotopic (exact) mass is 401 g/mol. The first kappa shape index (κ1) is 28.6. The van der Waals surface area contributed by atoms with Gasteiger partial charge in [-0.25, -0.2) is 0 Å². The van der Waals surface area contributed by atoms with Gasteiger partial charge in [-0.1, -0.05) is 54.4 Å². The van der Waals surface area contributed by atoms with Crippen molar-refractivity contribution in [2.75, 3.05) is 32.8 Å². The number of amides is 3. The molecule has 0 radical (unpaired) electrons. The van der Waals surface area contributed by atoms with E-state index >= 15 is 0 Å². The highest BCUT2D eigenvalue weighted by atomic mass is 16.5. The Morgan fingerprint density at radius 1 is 0.786 bits per heavy atom. The van der Waals surface area contributed by atoms with Gasteiger partial charge in [-0.2, -0.15) is 0 Å². The highest BCUT2D eigenvalue weighted by Gasteiger charge is 2.25. The molecule has 0 aliphatic rings. The number of carbonyl (C=O) groups excluding carboxylic acids is 3. The predicted molar refractivity (Wildman–Crippen MR) is 114 cm³/mol. The minimum Gasteiger partial charge on any atom is -0.378 e. The number of carbonyl (C=O) groups is 3. The molecule has 0 bridgehead atoms. The van der Waals surface area contributed by atoms with E-state index in [1.807, 2.05) is 27.7 Å². The van der Waals surface area contributed by atoms with E-state index < -0.39 is 0 Å². The second kappa shape index (κ2) is 18.7. The summed E-state index contributed by atoms with van der Waals surface area (Å²) in [5.41, 5.74) is -0.356. The molecule has 166 valence electrons. The summed E-state index contributed by atoms with van der Waals surface area (Å²) in [6, 6.07) is 0. The average molecular weight is 402 g/mol. The maximum atomic E-state index is 12.0. The SMILES string of the molecule is CC.CCCCNC(=O)CCC(=O)NCCOCCNC(=O)C(C)(C)CCC. The van der Waals surface area contributed by atoms with E-state index in [1.54, 1.807) is 0 Å². The Hall–Kier alpha value is -1.63. The molecule has 0 heterocycles. The Morgan fingerprint density at radius 2 is 1.29 bits per heavy atom. The molecule has 28 heavy (non-hydrogen) atoms. The van der Waals surface area contributed by atoms with Crippen LogP contribution in [0.1, 0.15) is 80.1 Å². The van der Waals surface area contributed by atoms with Gasteiger partial charge in [0.2, 0.25) is 17.7 Å². The zero-order valence-corrected chi connectivity index (χ0v) is 18.9. The molecule has 3 amide bonds. The average Bonchev–Trinajstić information content (AvgIpc) is 2.67. The summed E-state index contributed by atoms with van der Waals surface area (Å²) in [5, 5.41) is 8.36. The van der Waals surface area contributed by atoms with Crippen LogP contribution in [0.4, 0.5) is 0 Å². The molecule has 0 aliphatic heterocycles. The Bertz CT molecular complexity index is 426. The Morgan fingerprint density at radius 3 is 1.79 bits per heavy atom. The summed E-state index contributed by atoms with van der Waals surface area (Å²) in [7, 11) is 0. The number of nitrogens with one attached hydrogen (secondary N) is 3. The van der Waals surface area contributed by atoms with Crippen molar-refractivity contribution in [3.8, 4) is 0 Å². The van der Waals surface area contributed by atoms with Crippen LogP contribution in [0.15, 0.2) is 0 Å². The molecule has 3 N–H and O–H groups in total. The van der Waals surface area contributed by atoms with E-state index in [2.05, 4.69) is 29.8 Å². The van der Waals surface area contributed by atoms with Gasteiger partial charge in [0.05, 0.1) is 13.2 Å². The number of rotatable bonds is 15. The van der Waals surface area contributed by atoms with Gasteiger partial charge in [0.25, 0.3) is 0 Å². The lowest BCUT2D eigenvalue weighted by atomic mass is 9.87. The zero-order chi connectivity index (χ0) is 21.8. The van der Waals surface area contributed by atoms with Gasteiger partial charge in [0.15, 0.2) is 0 Å². The lowest BCUT2D eigenvalue weighted by Crippen LogP contribution is -2.38. The minimum absolute atomic E-state index is 0.0356. The normalized spacial score (nSPS) is 10.5. The Labute approximate surface area is 171 Å². The third-order valence-corrected chi connectivity index (χ3v) is 4.02. The third-order valence-electron chi connectivity index (χ3n) is 4.02. The first-order chi connectivity index (χ1) is 13.3. The summed E-state index contributed by atoms with van der Waals surface area (Å²) >= 11 is 0. The topological polar surface area (TPSA) is 96.5 Å². The molecule has 0 aromatic rings. The van der Waals surface area contributed by atoms with Crippen LogP contribution in [0, 0.1) is 5.41 Å². The van der Waals surface area contributed by atoms with Crippen molar-refractivity contribution in [3.63, 3.8) is 0 Å². The van der Waals surface area contributed by atoms with E-state index in [0.29, 0.717) is 32.8 Å². The molecule has 0 saturated carbocycles. The summed E-state index contributed by atoms with van der Waals surface area (Å²) in [6.45, 7) is 14.3. The van der Waals surface area contributed by atoms with E-state index in [9.17, 15) is 14.4 Å².